The van der Waals surface area contributed by atoms with Crippen molar-refractivity contribution >= 4 is 5.97 Å². The van der Waals surface area contributed by atoms with Crippen molar-refractivity contribution in [1.29, 1.82) is 0 Å². The van der Waals surface area contributed by atoms with E-state index in [9.17, 15) is 0 Å². The van der Waals surface area contributed by atoms with E-state index in [0.717, 1.165) is 6.92 Å². The Balaban J connectivity index is 0. The van der Waals surface area contributed by atoms with Crippen molar-refractivity contribution in [3.8, 4) is 0 Å². The first-order chi connectivity index (χ1) is 3.73. The Morgan fingerprint density at radius 3 is 1.44 bits per heavy atom. The molecular formula is C3H9NO5. The van der Waals surface area contributed by atoms with Crippen LogP contribution in [0.3, 0.4) is 0 Å². The number of carboxylic acid groups (broad SMARTS) is 1. The summed E-state index contributed by atoms with van der Waals surface area (Å²) in [5.74, 6) is -0.833. The largest absolute Gasteiger partial charge is 0.481 e. The lowest BCUT2D eigenvalue weighted by molar-refractivity contribution is -0.306. The molecule has 0 spiro atoms. The molecule has 6 nitrogen and oxygen atoms in total. The van der Waals surface area contributed by atoms with Crippen molar-refractivity contribution in [3.63, 3.8) is 0 Å². The highest BCUT2D eigenvalue weighted by molar-refractivity contribution is 5.62. The first kappa shape index (κ1) is 11.2. The minimum Gasteiger partial charge on any atom is -0.481 e. The number of aliphatic hydroxyl groups is 3. The van der Waals surface area contributed by atoms with Gasteiger partial charge in [0.1, 0.15) is 0 Å². The van der Waals surface area contributed by atoms with Gasteiger partial charge in [0.05, 0.1) is 0 Å². The maximum atomic E-state index is 9.00. The normalized spacial score (nSPS) is 9.44. The van der Waals surface area contributed by atoms with Gasteiger partial charge in [-0.25, -0.2) is 0 Å². The van der Waals surface area contributed by atoms with E-state index < -0.39 is 12.1 Å². The summed E-state index contributed by atoms with van der Waals surface area (Å²) in [7, 11) is 0. The molecule has 56 valence electrons. The van der Waals surface area contributed by atoms with Crippen LogP contribution in [0.1, 0.15) is 6.92 Å². The summed E-state index contributed by atoms with van der Waals surface area (Å²) in [6.45, 7) is 1.08. The highest BCUT2D eigenvalue weighted by Gasteiger charge is 2.04. The van der Waals surface area contributed by atoms with Crippen molar-refractivity contribution < 1.29 is 25.2 Å². The Morgan fingerprint density at radius 1 is 1.44 bits per heavy atom. The topological polar surface area (TPSA) is 124 Å². The van der Waals surface area contributed by atoms with Crippen LogP contribution >= 0.6 is 0 Å². The van der Waals surface area contributed by atoms with Gasteiger partial charge < -0.3 is 20.4 Å². The molecule has 0 aromatic carbocycles. The Bertz CT molecular complexity index is 74.7. The number of hydrogen-bond donors (Lipinski definition) is 5. The van der Waals surface area contributed by atoms with Crippen LogP contribution in [0, 0.1) is 0 Å². The number of nitrogens with two attached hydrogens (primary N) is 1. The predicted octanol–water partition coefficient (Wildman–Crippen LogP) is -2.38. The Hall–Kier alpha value is -0.690. The lowest BCUT2D eigenvalue weighted by Gasteiger charge is -2.01. The van der Waals surface area contributed by atoms with Crippen molar-refractivity contribution in [2.24, 2.45) is 5.73 Å². The molecule has 0 saturated carbocycles. The van der Waals surface area contributed by atoms with E-state index in [1.165, 1.54) is 0 Å². The van der Waals surface area contributed by atoms with Crippen molar-refractivity contribution in [1.82, 2.24) is 0 Å². The zero-order valence-electron chi connectivity index (χ0n) is 4.77. The first-order valence-corrected chi connectivity index (χ1v) is 1.89. The summed E-state index contributed by atoms with van der Waals surface area (Å²) in [5, 5.41) is 29.6. The molecule has 6 N–H and O–H groups in total. The first-order valence-electron chi connectivity index (χ1n) is 1.89. The van der Waals surface area contributed by atoms with E-state index in [-0.39, 0.29) is 0 Å². The van der Waals surface area contributed by atoms with Gasteiger partial charge in [0, 0.05) is 6.92 Å². The molecule has 0 heterocycles. The van der Waals surface area contributed by atoms with E-state index in [1.807, 2.05) is 0 Å². The Kier molecular flexibility index (Phi) is 5.22. The number of carboxylic acids is 1. The van der Waals surface area contributed by atoms with Crippen LogP contribution in [-0.2, 0) is 4.79 Å². The lowest BCUT2D eigenvalue weighted by atomic mass is 10.9. The van der Waals surface area contributed by atoms with Gasteiger partial charge in [-0.05, 0) is 0 Å². The molecule has 0 amide bonds. The Labute approximate surface area is 51.2 Å². The molecular weight excluding hydrogens is 130 g/mol. The Morgan fingerprint density at radius 2 is 1.44 bits per heavy atom. The van der Waals surface area contributed by atoms with Crippen molar-refractivity contribution in [3.05, 3.63) is 0 Å². The molecule has 0 aliphatic carbocycles. The van der Waals surface area contributed by atoms with Crippen LogP contribution in [-0.4, -0.2) is 32.5 Å². The molecule has 0 atom stereocenters. The van der Waals surface area contributed by atoms with Crippen LogP contribution in [0.5, 0.6) is 0 Å². The fourth-order valence-electron chi connectivity index (χ4n) is 0. The molecule has 0 aliphatic heterocycles. The minimum atomic E-state index is -3.00. The summed E-state index contributed by atoms with van der Waals surface area (Å²) in [4.78, 5) is 9.00. The van der Waals surface area contributed by atoms with Gasteiger partial charge in [-0.2, -0.15) is 0 Å². The summed E-state index contributed by atoms with van der Waals surface area (Å²) >= 11 is 0. The molecule has 0 saturated heterocycles. The summed E-state index contributed by atoms with van der Waals surface area (Å²) in [5.41, 5.74) is 4.02. The predicted molar refractivity (Wildman–Crippen MR) is 26.9 cm³/mol. The summed E-state index contributed by atoms with van der Waals surface area (Å²) in [6, 6.07) is 0. The van der Waals surface area contributed by atoms with Gasteiger partial charge in [-0.1, -0.05) is 0 Å². The average Bonchev–Trinajstić information content (AvgIpc) is 1.19. The second-order valence-electron chi connectivity index (χ2n) is 1.21. The second-order valence-corrected chi connectivity index (χ2v) is 1.21. The number of carbonyl (C=O) groups is 1. The van der Waals surface area contributed by atoms with E-state index in [1.54, 1.807) is 0 Å². The zero-order chi connectivity index (χ0) is 8.08. The van der Waals surface area contributed by atoms with Crippen LogP contribution < -0.4 is 5.73 Å². The maximum Gasteiger partial charge on any atom is 0.340 e. The third-order valence-electron chi connectivity index (χ3n) is 0. The highest BCUT2D eigenvalue weighted by Crippen LogP contribution is 1.69. The van der Waals surface area contributed by atoms with Crippen LogP contribution in [0.15, 0.2) is 0 Å². The lowest BCUT2D eigenvalue weighted by Crippen LogP contribution is -2.38. The molecule has 0 aliphatic rings. The molecule has 0 bridgehead atoms. The van der Waals surface area contributed by atoms with Gasteiger partial charge in [0.25, 0.3) is 5.97 Å². The third-order valence-corrected chi connectivity index (χ3v) is 0. The van der Waals surface area contributed by atoms with Gasteiger partial charge in [0.2, 0.25) is 0 Å². The maximum absolute atomic E-state index is 9.00. The summed E-state index contributed by atoms with van der Waals surface area (Å²) < 4.78 is 0. The van der Waals surface area contributed by atoms with Gasteiger partial charge in [-0.15, -0.1) is 0 Å². The molecule has 0 aromatic heterocycles. The molecule has 6 heteroatoms. The zero-order valence-corrected chi connectivity index (χ0v) is 4.77. The molecule has 0 unspecified atom stereocenters. The second kappa shape index (κ2) is 4.21. The fourth-order valence-corrected chi connectivity index (χ4v) is 0. The molecule has 9 heavy (non-hydrogen) atoms. The molecule has 0 rings (SSSR count). The van der Waals surface area contributed by atoms with Gasteiger partial charge in [-0.3, -0.25) is 10.5 Å². The van der Waals surface area contributed by atoms with Gasteiger partial charge >= 0.3 is 6.10 Å². The van der Waals surface area contributed by atoms with E-state index in [4.69, 9.17) is 25.2 Å². The summed E-state index contributed by atoms with van der Waals surface area (Å²) in [6.07, 6.45) is -3.00. The van der Waals surface area contributed by atoms with E-state index in [0.29, 0.717) is 0 Å². The standard InChI is InChI=1S/C2H4O2.CH5NO3/c1-2(3)4;2-1(3,4)5/h1H3,(H,3,4);3-5H,2H2. The quantitative estimate of drug-likeness (QED) is 0.239. The van der Waals surface area contributed by atoms with Crippen LogP contribution in [0.25, 0.3) is 0 Å². The average molecular weight is 139 g/mol. The third kappa shape index (κ3) is 433. The van der Waals surface area contributed by atoms with Gasteiger partial charge in [0.15, 0.2) is 0 Å². The molecule has 0 aromatic rings. The minimum absolute atomic E-state index is 0.833. The van der Waals surface area contributed by atoms with E-state index >= 15 is 0 Å². The van der Waals surface area contributed by atoms with Crippen LogP contribution in [0.2, 0.25) is 0 Å². The fraction of sp³-hybridized carbons (Fsp3) is 0.667. The SMILES string of the molecule is CC(=O)O.NC(O)(O)O. The number of rotatable bonds is 0. The van der Waals surface area contributed by atoms with E-state index in [2.05, 4.69) is 5.73 Å². The smallest absolute Gasteiger partial charge is 0.340 e. The monoisotopic (exact) mass is 139 g/mol. The number of hydrogen-bond acceptors (Lipinski definition) is 5. The van der Waals surface area contributed by atoms with Crippen molar-refractivity contribution in [2.45, 2.75) is 13.0 Å². The van der Waals surface area contributed by atoms with Crippen LogP contribution in [0.4, 0.5) is 0 Å². The van der Waals surface area contributed by atoms with Crippen molar-refractivity contribution in [2.75, 3.05) is 0 Å². The molecule has 0 radical (unpaired) electrons. The highest BCUT2D eigenvalue weighted by atomic mass is 16.7. The number of aliphatic carboxylic acids is 1. The molecule has 0 fully saturated rings.